The Morgan fingerprint density at radius 1 is 1.53 bits per heavy atom. The van der Waals surface area contributed by atoms with Gasteiger partial charge in [-0.15, -0.1) is 0 Å². The first kappa shape index (κ1) is 13.8. The maximum atomic E-state index is 11.1. The average Bonchev–Trinajstić information content (AvgIpc) is 2.32. The third-order valence-electron chi connectivity index (χ3n) is 2.39. The Morgan fingerprint density at radius 2 is 2.24 bits per heavy atom. The molecule has 0 aliphatic carbocycles. The monoisotopic (exact) mass is 297 g/mol. The van der Waals surface area contributed by atoms with Crippen molar-refractivity contribution >= 4 is 27.6 Å². The van der Waals surface area contributed by atoms with Crippen molar-refractivity contribution in [2.45, 2.75) is 13.8 Å². The van der Waals surface area contributed by atoms with Gasteiger partial charge in [0.15, 0.2) is 0 Å². The third-order valence-corrected chi connectivity index (χ3v) is 3.25. The van der Waals surface area contributed by atoms with Crippen molar-refractivity contribution in [2.75, 3.05) is 19.0 Å². The smallest absolute Gasteiger partial charge is 0.333 e. The Balaban J connectivity index is 2.56. The summed E-state index contributed by atoms with van der Waals surface area (Å²) in [5.41, 5.74) is 2.81. The summed E-state index contributed by atoms with van der Waals surface area (Å²) in [7, 11) is 1.38. The van der Waals surface area contributed by atoms with Gasteiger partial charge in [-0.2, -0.15) is 0 Å². The van der Waals surface area contributed by atoms with E-state index in [9.17, 15) is 4.79 Å². The van der Waals surface area contributed by atoms with Gasteiger partial charge in [0, 0.05) is 22.3 Å². The fourth-order valence-electron chi connectivity index (χ4n) is 1.27. The van der Waals surface area contributed by atoms with Gasteiger partial charge in [-0.05, 0) is 31.5 Å². The zero-order valence-corrected chi connectivity index (χ0v) is 11.8. The molecule has 0 fully saturated rings. The number of esters is 1. The Bertz CT molecular complexity index is 441. The van der Waals surface area contributed by atoms with Crippen LogP contribution in [-0.2, 0) is 9.53 Å². The fourth-order valence-corrected chi connectivity index (χ4v) is 1.65. The number of rotatable bonds is 4. The molecule has 17 heavy (non-hydrogen) atoms. The van der Waals surface area contributed by atoms with Gasteiger partial charge in [-0.3, -0.25) is 0 Å². The highest BCUT2D eigenvalue weighted by Crippen LogP contribution is 2.20. The highest BCUT2D eigenvalue weighted by Gasteiger charge is 2.01. The lowest BCUT2D eigenvalue weighted by molar-refractivity contribution is -0.136. The summed E-state index contributed by atoms with van der Waals surface area (Å²) in [6.45, 7) is 4.37. The summed E-state index contributed by atoms with van der Waals surface area (Å²) in [6.07, 6.45) is 1.81. The molecule has 0 heterocycles. The van der Waals surface area contributed by atoms with E-state index in [1.54, 1.807) is 13.0 Å². The van der Waals surface area contributed by atoms with Crippen LogP contribution in [0.4, 0.5) is 5.69 Å². The van der Waals surface area contributed by atoms with E-state index < -0.39 is 0 Å². The van der Waals surface area contributed by atoms with Crippen molar-refractivity contribution in [1.29, 1.82) is 0 Å². The minimum absolute atomic E-state index is 0.295. The van der Waals surface area contributed by atoms with Crippen LogP contribution in [0.2, 0.25) is 0 Å². The predicted octanol–water partition coefficient (Wildman–Crippen LogP) is 3.29. The van der Waals surface area contributed by atoms with E-state index in [0.29, 0.717) is 12.1 Å². The summed E-state index contributed by atoms with van der Waals surface area (Å²) >= 11 is 3.47. The van der Waals surface area contributed by atoms with Crippen LogP contribution in [0.1, 0.15) is 12.5 Å². The minimum atomic E-state index is -0.295. The molecule has 0 unspecified atom stereocenters. The van der Waals surface area contributed by atoms with Gasteiger partial charge in [0.25, 0.3) is 0 Å². The molecule has 0 saturated heterocycles. The van der Waals surface area contributed by atoms with Crippen molar-refractivity contribution in [3.63, 3.8) is 0 Å². The van der Waals surface area contributed by atoms with Crippen molar-refractivity contribution in [3.8, 4) is 0 Å². The van der Waals surface area contributed by atoms with Crippen LogP contribution < -0.4 is 5.32 Å². The van der Waals surface area contributed by atoms with Crippen LogP contribution >= 0.6 is 15.9 Å². The van der Waals surface area contributed by atoms with Crippen molar-refractivity contribution in [3.05, 3.63) is 39.9 Å². The van der Waals surface area contributed by atoms with Crippen LogP contribution in [-0.4, -0.2) is 19.6 Å². The van der Waals surface area contributed by atoms with Crippen molar-refractivity contribution < 1.29 is 9.53 Å². The number of carbonyl (C=O) groups excluding carboxylic acids is 1. The summed E-state index contributed by atoms with van der Waals surface area (Å²) < 4.78 is 5.67. The number of nitrogens with one attached hydrogen (secondary N) is 1. The Morgan fingerprint density at radius 3 is 2.82 bits per heavy atom. The van der Waals surface area contributed by atoms with Crippen molar-refractivity contribution in [2.24, 2.45) is 0 Å². The van der Waals surface area contributed by atoms with Crippen molar-refractivity contribution in [1.82, 2.24) is 0 Å². The first-order valence-corrected chi connectivity index (χ1v) is 6.09. The lowest BCUT2D eigenvalue weighted by Crippen LogP contribution is -2.05. The molecule has 92 valence electrons. The molecule has 1 aromatic rings. The lowest BCUT2D eigenvalue weighted by atomic mass is 10.2. The van der Waals surface area contributed by atoms with Gasteiger partial charge in [-0.1, -0.05) is 28.1 Å². The summed E-state index contributed by atoms with van der Waals surface area (Å²) in [4.78, 5) is 11.1. The molecule has 0 aliphatic rings. The molecule has 0 bridgehead atoms. The molecule has 0 aromatic heterocycles. The van der Waals surface area contributed by atoms with E-state index in [4.69, 9.17) is 0 Å². The maximum Gasteiger partial charge on any atom is 0.333 e. The number of anilines is 1. The number of ether oxygens (including phenoxy) is 1. The summed E-state index contributed by atoms with van der Waals surface area (Å²) in [6, 6.07) is 6.04. The SMILES string of the molecule is COC(=O)/C(C)=C/CNc1ccc(C)c(Br)c1. The molecular formula is C13H16BrNO2. The topological polar surface area (TPSA) is 38.3 Å². The number of benzene rings is 1. The van der Waals surface area contributed by atoms with Crippen LogP contribution in [0.25, 0.3) is 0 Å². The second-order valence-corrected chi connectivity index (χ2v) is 4.58. The molecule has 1 N–H and O–H groups in total. The molecule has 3 nitrogen and oxygen atoms in total. The zero-order chi connectivity index (χ0) is 12.8. The van der Waals surface area contributed by atoms with E-state index in [2.05, 4.69) is 26.0 Å². The number of hydrogen-bond acceptors (Lipinski definition) is 3. The number of aryl methyl sites for hydroxylation is 1. The van der Waals surface area contributed by atoms with Gasteiger partial charge in [-0.25, -0.2) is 4.79 Å². The van der Waals surface area contributed by atoms with E-state index in [1.807, 2.05) is 25.1 Å². The number of carbonyl (C=O) groups is 1. The Hall–Kier alpha value is -1.29. The molecule has 1 aromatic carbocycles. The maximum absolute atomic E-state index is 11.1. The fraction of sp³-hybridized carbons (Fsp3) is 0.308. The van der Waals surface area contributed by atoms with Gasteiger partial charge in [0.2, 0.25) is 0 Å². The second-order valence-electron chi connectivity index (χ2n) is 3.72. The van der Waals surface area contributed by atoms with Gasteiger partial charge >= 0.3 is 5.97 Å². The number of methoxy groups -OCH3 is 1. The predicted molar refractivity (Wildman–Crippen MR) is 73.1 cm³/mol. The van der Waals surface area contributed by atoms with Crippen LogP contribution in [0, 0.1) is 6.92 Å². The first-order valence-electron chi connectivity index (χ1n) is 5.29. The standard InChI is InChI=1S/C13H16BrNO2/c1-9-4-5-11(8-12(9)14)15-7-6-10(2)13(16)17-3/h4-6,8,15H,7H2,1-3H3/b10-6+. The Labute approximate surface area is 110 Å². The molecule has 0 spiro atoms. The van der Waals surface area contributed by atoms with Gasteiger partial charge < -0.3 is 10.1 Å². The average molecular weight is 298 g/mol. The molecule has 1 rings (SSSR count). The minimum Gasteiger partial charge on any atom is -0.466 e. The van der Waals surface area contributed by atoms with E-state index in [-0.39, 0.29) is 5.97 Å². The number of hydrogen-bond donors (Lipinski definition) is 1. The molecule has 0 atom stereocenters. The number of halogens is 1. The second kappa shape index (κ2) is 6.45. The molecule has 0 radical (unpaired) electrons. The van der Waals surface area contributed by atoms with E-state index in [1.165, 1.54) is 12.7 Å². The van der Waals surface area contributed by atoms with Crippen LogP contribution in [0.3, 0.4) is 0 Å². The summed E-state index contributed by atoms with van der Waals surface area (Å²) in [5, 5.41) is 3.21. The van der Waals surface area contributed by atoms with Crippen LogP contribution in [0.15, 0.2) is 34.3 Å². The highest BCUT2D eigenvalue weighted by molar-refractivity contribution is 9.10. The normalized spacial score (nSPS) is 11.2. The van der Waals surface area contributed by atoms with Crippen LogP contribution in [0.5, 0.6) is 0 Å². The Kier molecular flexibility index (Phi) is 5.22. The van der Waals surface area contributed by atoms with E-state index >= 15 is 0 Å². The zero-order valence-electron chi connectivity index (χ0n) is 10.2. The highest BCUT2D eigenvalue weighted by atomic mass is 79.9. The first-order chi connectivity index (χ1) is 8.04. The van der Waals surface area contributed by atoms with Gasteiger partial charge in [0.1, 0.15) is 0 Å². The molecular weight excluding hydrogens is 282 g/mol. The largest absolute Gasteiger partial charge is 0.466 e. The molecule has 4 heteroatoms. The van der Waals surface area contributed by atoms with E-state index in [0.717, 1.165) is 10.2 Å². The molecule has 0 saturated carbocycles. The third kappa shape index (κ3) is 4.23. The molecule has 0 aliphatic heterocycles. The molecule has 0 amide bonds. The lowest BCUT2D eigenvalue weighted by Gasteiger charge is -2.06. The quantitative estimate of drug-likeness (QED) is 0.685. The summed E-state index contributed by atoms with van der Waals surface area (Å²) in [5.74, 6) is -0.295. The van der Waals surface area contributed by atoms with Gasteiger partial charge in [0.05, 0.1) is 7.11 Å².